The standard InChI is InChI=1S/C30H36N4/c1-3-4-6-11-30(27-13-14-28(21-31)24(2)20-27)34-18-16-33(17-19-34)23-25-12-15-29(32-22-25)26-9-7-5-8-10-26/h5,7-10,12-15,20,22,30H,3-4,6,11,16-19,23H2,1-2H3. The van der Waals surface area contributed by atoms with Crippen LogP contribution < -0.4 is 0 Å². The first-order valence-corrected chi connectivity index (χ1v) is 12.7. The van der Waals surface area contributed by atoms with Crippen molar-refractivity contribution in [2.75, 3.05) is 26.2 Å². The molecule has 0 N–H and O–H groups in total. The topological polar surface area (TPSA) is 43.2 Å². The van der Waals surface area contributed by atoms with Gasteiger partial charge in [0, 0.05) is 50.5 Å². The molecule has 0 aliphatic carbocycles. The van der Waals surface area contributed by atoms with Crippen LogP contribution in [0.1, 0.15) is 60.9 Å². The molecule has 4 rings (SSSR count). The number of hydrogen-bond donors (Lipinski definition) is 0. The van der Waals surface area contributed by atoms with Gasteiger partial charge in [0.2, 0.25) is 0 Å². The average molecular weight is 453 g/mol. The fourth-order valence-corrected chi connectivity index (χ4v) is 4.96. The highest BCUT2D eigenvalue weighted by atomic mass is 15.3. The summed E-state index contributed by atoms with van der Waals surface area (Å²) in [5.41, 5.74) is 6.70. The summed E-state index contributed by atoms with van der Waals surface area (Å²) in [4.78, 5) is 9.90. The summed E-state index contributed by atoms with van der Waals surface area (Å²) >= 11 is 0. The molecule has 4 nitrogen and oxygen atoms in total. The van der Waals surface area contributed by atoms with Gasteiger partial charge in [-0.05, 0) is 42.2 Å². The van der Waals surface area contributed by atoms with Crippen molar-refractivity contribution in [1.82, 2.24) is 14.8 Å². The van der Waals surface area contributed by atoms with Gasteiger partial charge in [-0.1, -0.05) is 74.7 Å². The van der Waals surface area contributed by atoms with E-state index in [-0.39, 0.29) is 0 Å². The van der Waals surface area contributed by atoms with E-state index in [1.165, 1.54) is 36.8 Å². The van der Waals surface area contributed by atoms with Crippen molar-refractivity contribution in [2.45, 2.75) is 52.1 Å². The summed E-state index contributed by atoms with van der Waals surface area (Å²) in [6.07, 6.45) is 6.98. The zero-order chi connectivity index (χ0) is 23.8. The van der Waals surface area contributed by atoms with Crippen molar-refractivity contribution in [2.24, 2.45) is 0 Å². The Bertz CT molecular complexity index is 1080. The van der Waals surface area contributed by atoms with Crippen LogP contribution in [0.4, 0.5) is 0 Å². The van der Waals surface area contributed by atoms with Crippen LogP contribution in [0.3, 0.4) is 0 Å². The van der Waals surface area contributed by atoms with Crippen LogP contribution in [-0.4, -0.2) is 41.0 Å². The number of hydrogen-bond acceptors (Lipinski definition) is 4. The third kappa shape index (κ3) is 6.11. The first-order valence-electron chi connectivity index (χ1n) is 12.7. The van der Waals surface area contributed by atoms with Gasteiger partial charge in [0.05, 0.1) is 17.3 Å². The van der Waals surface area contributed by atoms with Gasteiger partial charge in [-0.15, -0.1) is 0 Å². The van der Waals surface area contributed by atoms with Crippen LogP contribution in [0.2, 0.25) is 0 Å². The number of pyridine rings is 1. The number of nitrogens with zero attached hydrogens (tertiary/aromatic N) is 4. The largest absolute Gasteiger partial charge is 0.296 e. The Labute approximate surface area is 204 Å². The number of unbranched alkanes of at least 4 members (excludes halogenated alkanes) is 2. The molecule has 0 radical (unpaired) electrons. The van der Waals surface area contributed by atoms with E-state index in [0.717, 1.165) is 55.1 Å². The van der Waals surface area contributed by atoms with E-state index in [1.807, 2.05) is 18.3 Å². The quantitative estimate of drug-likeness (QED) is 0.354. The van der Waals surface area contributed by atoms with Gasteiger partial charge in [0.25, 0.3) is 0 Å². The lowest BCUT2D eigenvalue weighted by molar-refractivity contribution is 0.0865. The van der Waals surface area contributed by atoms with Gasteiger partial charge < -0.3 is 0 Å². The lowest BCUT2D eigenvalue weighted by Gasteiger charge is -2.40. The van der Waals surface area contributed by atoms with Crippen LogP contribution in [0.25, 0.3) is 11.3 Å². The molecule has 1 atom stereocenters. The summed E-state index contributed by atoms with van der Waals surface area (Å²) in [6.45, 7) is 9.56. The molecule has 34 heavy (non-hydrogen) atoms. The minimum Gasteiger partial charge on any atom is -0.296 e. The molecule has 2 heterocycles. The number of nitriles is 1. The lowest BCUT2D eigenvalue weighted by Crippen LogP contribution is -2.47. The number of rotatable bonds is 9. The Morgan fingerprint density at radius 3 is 2.41 bits per heavy atom. The van der Waals surface area contributed by atoms with E-state index in [0.29, 0.717) is 6.04 Å². The van der Waals surface area contributed by atoms with Crippen molar-refractivity contribution in [1.29, 1.82) is 5.26 Å². The molecule has 176 valence electrons. The second kappa shape index (κ2) is 11.9. The Morgan fingerprint density at radius 2 is 1.76 bits per heavy atom. The molecule has 3 aromatic rings. The highest BCUT2D eigenvalue weighted by Gasteiger charge is 2.25. The van der Waals surface area contributed by atoms with Crippen molar-refractivity contribution in [3.63, 3.8) is 0 Å². The number of aryl methyl sites for hydroxylation is 1. The average Bonchev–Trinajstić information content (AvgIpc) is 2.88. The maximum absolute atomic E-state index is 9.32. The maximum Gasteiger partial charge on any atom is 0.0994 e. The van der Waals surface area contributed by atoms with Crippen molar-refractivity contribution in [3.8, 4) is 17.3 Å². The van der Waals surface area contributed by atoms with Gasteiger partial charge in [-0.2, -0.15) is 5.26 Å². The SMILES string of the molecule is CCCCCC(c1ccc(C#N)c(C)c1)N1CCN(Cc2ccc(-c3ccccc3)nc2)CC1. The van der Waals surface area contributed by atoms with E-state index in [9.17, 15) is 5.26 Å². The smallest absolute Gasteiger partial charge is 0.0994 e. The highest BCUT2D eigenvalue weighted by molar-refractivity contribution is 5.58. The molecule has 1 fully saturated rings. The molecule has 1 saturated heterocycles. The third-order valence-electron chi connectivity index (χ3n) is 6.98. The molecular formula is C30H36N4. The van der Waals surface area contributed by atoms with E-state index in [2.05, 4.69) is 78.2 Å². The minimum atomic E-state index is 0.437. The fraction of sp³-hybridized carbons (Fsp3) is 0.400. The summed E-state index contributed by atoms with van der Waals surface area (Å²) in [5, 5.41) is 9.32. The molecule has 1 aliphatic rings. The molecule has 0 saturated carbocycles. The van der Waals surface area contributed by atoms with Crippen LogP contribution in [-0.2, 0) is 6.54 Å². The summed E-state index contributed by atoms with van der Waals surface area (Å²) in [5.74, 6) is 0. The molecule has 1 unspecified atom stereocenters. The van der Waals surface area contributed by atoms with Gasteiger partial charge in [-0.3, -0.25) is 14.8 Å². The molecule has 0 bridgehead atoms. The number of piperazine rings is 1. The third-order valence-corrected chi connectivity index (χ3v) is 6.98. The van der Waals surface area contributed by atoms with Gasteiger partial charge in [0.1, 0.15) is 0 Å². The maximum atomic E-state index is 9.32. The molecular weight excluding hydrogens is 416 g/mol. The van der Waals surface area contributed by atoms with Crippen molar-refractivity contribution >= 4 is 0 Å². The number of aromatic nitrogens is 1. The predicted molar refractivity (Wildman–Crippen MR) is 139 cm³/mol. The van der Waals surface area contributed by atoms with E-state index < -0.39 is 0 Å². The van der Waals surface area contributed by atoms with Gasteiger partial charge in [0.15, 0.2) is 0 Å². The van der Waals surface area contributed by atoms with Crippen LogP contribution in [0.5, 0.6) is 0 Å². The lowest BCUT2D eigenvalue weighted by atomic mass is 9.95. The van der Waals surface area contributed by atoms with E-state index in [4.69, 9.17) is 4.98 Å². The van der Waals surface area contributed by atoms with E-state index >= 15 is 0 Å². The first kappa shape index (κ1) is 24.1. The molecule has 4 heteroatoms. The van der Waals surface area contributed by atoms with Crippen LogP contribution >= 0.6 is 0 Å². The van der Waals surface area contributed by atoms with Crippen molar-refractivity contribution < 1.29 is 0 Å². The van der Waals surface area contributed by atoms with Crippen LogP contribution in [0, 0.1) is 18.3 Å². The summed E-state index contributed by atoms with van der Waals surface area (Å²) < 4.78 is 0. The summed E-state index contributed by atoms with van der Waals surface area (Å²) in [6, 6.07) is 23.9. The highest BCUT2D eigenvalue weighted by Crippen LogP contribution is 2.29. The van der Waals surface area contributed by atoms with E-state index in [1.54, 1.807) is 0 Å². The minimum absolute atomic E-state index is 0.437. The fourth-order valence-electron chi connectivity index (χ4n) is 4.96. The predicted octanol–water partition coefficient (Wildman–Crippen LogP) is 6.37. The molecule has 1 aromatic heterocycles. The molecule has 0 amide bonds. The Balaban J connectivity index is 1.37. The molecule has 0 spiro atoms. The summed E-state index contributed by atoms with van der Waals surface area (Å²) in [7, 11) is 0. The van der Waals surface area contributed by atoms with Crippen molar-refractivity contribution in [3.05, 3.63) is 89.1 Å². The Morgan fingerprint density at radius 1 is 0.971 bits per heavy atom. The second-order valence-corrected chi connectivity index (χ2v) is 9.43. The zero-order valence-corrected chi connectivity index (χ0v) is 20.6. The normalized spacial score (nSPS) is 15.7. The molecule has 2 aromatic carbocycles. The number of benzene rings is 2. The Kier molecular flexibility index (Phi) is 8.46. The van der Waals surface area contributed by atoms with Gasteiger partial charge in [-0.25, -0.2) is 0 Å². The van der Waals surface area contributed by atoms with Crippen LogP contribution in [0.15, 0.2) is 66.9 Å². The molecule has 1 aliphatic heterocycles. The zero-order valence-electron chi connectivity index (χ0n) is 20.6. The first-order chi connectivity index (χ1) is 16.7. The monoisotopic (exact) mass is 452 g/mol. The Hall–Kier alpha value is -3.00. The second-order valence-electron chi connectivity index (χ2n) is 9.43. The van der Waals surface area contributed by atoms with Gasteiger partial charge >= 0.3 is 0 Å².